The van der Waals surface area contributed by atoms with E-state index >= 15 is 0 Å². The average molecular weight is 465 g/mol. The van der Waals surface area contributed by atoms with Crippen molar-refractivity contribution in [2.24, 2.45) is 7.05 Å². The van der Waals surface area contributed by atoms with Crippen LogP contribution in [0.1, 0.15) is 27.6 Å². The number of carbonyl (C=O) groups excluding carboxylic acids is 2. The molecule has 0 unspecified atom stereocenters. The van der Waals surface area contributed by atoms with Crippen LogP contribution in [-0.4, -0.2) is 31.1 Å². The van der Waals surface area contributed by atoms with E-state index < -0.39 is 0 Å². The summed E-state index contributed by atoms with van der Waals surface area (Å²) >= 11 is 0. The number of pyridine rings is 1. The predicted molar refractivity (Wildman–Crippen MR) is 136 cm³/mol. The molecule has 8 nitrogen and oxygen atoms in total. The van der Waals surface area contributed by atoms with Crippen molar-refractivity contribution in [1.29, 1.82) is 0 Å². The van der Waals surface area contributed by atoms with Gasteiger partial charge in [0.2, 0.25) is 0 Å². The molecule has 3 aromatic heterocycles. The molecule has 0 saturated carbocycles. The first-order valence-corrected chi connectivity index (χ1v) is 11.3. The second-order valence-corrected chi connectivity index (χ2v) is 8.17. The Hall–Kier alpha value is -4.72. The fourth-order valence-electron chi connectivity index (χ4n) is 4.03. The number of anilines is 2. The molecule has 0 saturated heterocycles. The number of carbonyl (C=O) groups is 2. The summed E-state index contributed by atoms with van der Waals surface area (Å²) in [7, 11) is 1.91. The van der Waals surface area contributed by atoms with Crippen molar-refractivity contribution in [2.45, 2.75) is 13.5 Å². The molecule has 0 atom stereocenters. The van der Waals surface area contributed by atoms with Crippen LogP contribution < -0.4 is 10.6 Å². The lowest BCUT2D eigenvalue weighted by molar-refractivity contribution is 0.101. The van der Waals surface area contributed by atoms with Crippen molar-refractivity contribution < 1.29 is 9.59 Å². The number of benzene rings is 2. The van der Waals surface area contributed by atoms with Crippen LogP contribution in [0.25, 0.3) is 22.0 Å². The van der Waals surface area contributed by atoms with Crippen LogP contribution in [0, 0.1) is 0 Å². The van der Waals surface area contributed by atoms with Crippen molar-refractivity contribution in [3.8, 4) is 11.1 Å². The molecule has 5 rings (SSSR count). The van der Waals surface area contributed by atoms with Crippen LogP contribution in [0.2, 0.25) is 0 Å². The quantitative estimate of drug-likeness (QED) is 0.371. The van der Waals surface area contributed by atoms with Crippen LogP contribution >= 0.6 is 0 Å². The van der Waals surface area contributed by atoms with Crippen LogP contribution in [0.4, 0.5) is 11.5 Å². The third-order valence-electron chi connectivity index (χ3n) is 5.84. The lowest BCUT2D eigenvalue weighted by Gasteiger charge is -2.08. The zero-order chi connectivity index (χ0) is 24.4. The number of aromatic nitrogens is 4. The van der Waals surface area contributed by atoms with Gasteiger partial charge in [-0.2, -0.15) is 5.10 Å². The molecule has 5 aromatic rings. The predicted octanol–water partition coefficient (Wildman–Crippen LogP) is 4.96. The standard InChI is InChI=1S/C27H24N6O2/c1-3-33-14-11-25(31-33)30-26(34)20-5-4-6-21(15-20)29-27(35)23-17-32(2)24-8-7-19(16-22(23)24)18-9-12-28-13-10-18/h4-17H,3H2,1-2H3,(H,29,35)(H,30,31,34). The fourth-order valence-corrected chi connectivity index (χ4v) is 4.03. The first-order chi connectivity index (χ1) is 17.0. The Labute approximate surface area is 202 Å². The third-order valence-corrected chi connectivity index (χ3v) is 5.84. The molecule has 0 bridgehead atoms. The zero-order valence-electron chi connectivity index (χ0n) is 19.4. The Balaban J connectivity index is 1.38. The van der Waals surface area contributed by atoms with Gasteiger partial charge in [0.1, 0.15) is 0 Å². The van der Waals surface area contributed by atoms with Gasteiger partial charge in [-0.25, -0.2) is 0 Å². The summed E-state index contributed by atoms with van der Waals surface area (Å²) in [5.41, 5.74) is 4.49. The van der Waals surface area contributed by atoms with Gasteiger partial charge >= 0.3 is 0 Å². The van der Waals surface area contributed by atoms with Gasteiger partial charge in [-0.15, -0.1) is 0 Å². The van der Waals surface area contributed by atoms with Crippen molar-refractivity contribution in [3.05, 3.63) is 96.6 Å². The number of rotatable bonds is 6. The van der Waals surface area contributed by atoms with Gasteiger partial charge in [0.05, 0.1) is 5.56 Å². The highest BCUT2D eigenvalue weighted by Crippen LogP contribution is 2.28. The summed E-state index contributed by atoms with van der Waals surface area (Å²) in [6.45, 7) is 2.69. The topological polar surface area (TPSA) is 93.8 Å². The van der Waals surface area contributed by atoms with Gasteiger partial charge < -0.3 is 15.2 Å². The van der Waals surface area contributed by atoms with Crippen molar-refractivity contribution in [1.82, 2.24) is 19.3 Å². The number of fused-ring (bicyclic) bond motifs is 1. The summed E-state index contributed by atoms with van der Waals surface area (Å²) in [5, 5.41) is 10.8. The van der Waals surface area contributed by atoms with E-state index in [1.165, 1.54) is 0 Å². The molecule has 35 heavy (non-hydrogen) atoms. The highest BCUT2D eigenvalue weighted by atomic mass is 16.2. The van der Waals surface area contributed by atoms with E-state index in [-0.39, 0.29) is 11.8 Å². The van der Waals surface area contributed by atoms with E-state index in [4.69, 9.17) is 0 Å². The lowest BCUT2D eigenvalue weighted by atomic mass is 10.0. The molecule has 2 N–H and O–H groups in total. The SMILES string of the molecule is CCn1ccc(NC(=O)c2cccc(NC(=O)c3cn(C)c4ccc(-c5ccncc5)cc34)c2)n1. The summed E-state index contributed by atoms with van der Waals surface area (Å²) in [6.07, 6.45) is 7.11. The fraction of sp³-hybridized carbons (Fsp3) is 0.111. The Bertz CT molecular complexity index is 1530. The van der Waals surface area contributed by atoms with E-state index in [1.54, 1.807) is 53.6 Å². The molecule has 0 aliphatic carbocycles. The lowest BCUT2D eigenvalue weighted by Crippen LogP contribution is -2.15. The average Bonchev–Trinajstić information content (AvgIpc) is 3.48. The van der Waals surface area contributed by atoms with E-state index in [9.17, 15) is 9.59 Å². The number of aryl methyl sites for hydroxylation is 2. The summed E-state index contributed by atoms with van der Waals surface area (Å²) in [6, 6.07) is 18.5. The van der Waals surface area contributed by atoms with Gasteiger partial charge in [-0.3, -0.25) is 19.3 Å². The van der Waals surface area contributed by atoms with E-state index in [2.05, 4.69) is 20.7 Å². The number of nitrogens with zero attached hydrogens (tertiary/aromatic N) is 4. The van der Waals surface area contributed by atoms with Crippen LogP contribution in [0.5, 0.6) is 0 Å². The molecule has 0 fully saturated rings. The summed E-state index contributed by atoms with van der Waals surface area (Å²) in [5.74, 6) is -0.0663. The van der Waals surface area contributed by atoms with Gasteiger partial charge in [-0.1, -0.05) is 12.1 Å². The molecule has 0 aliphatic rings. The largest absolute Gasteiger partial charge is 0.350 e. The van der Waals surface area contributed by atoms with Crippen LogP contribution in [0.3, 0.4) is 0 Å². The molecule has 0 radical (unpaired) electrons. The molecule has 174 valence electrons. The zero-order valence-corrected chi connectivity index (χ0v) is 19.4. The van der Waals surface area contributed by atoms with Crippen molar-refractivity contribution >= 4 is 34.2 Å². The molecule has 2 aromatic carbocycles. The maximum absolute atomic E-state index is 13.2. The maximum atomic E-state index is 13.2. The van der Waals surface area contributed by atoms with Gasteiger partial charge in [0, 0.05) is 66.6 Å². The van der Waals surface area contributed by atoms with Gasteiger partial charge in [0.15, 0.2) is 5.82 Å². The van der Waals surface area contributed by atoms with Gasteiger partial charge in [0.25, 0.3) is 11.8 Å². The van der Waals surface area contributed by atoms with E-state index in [1.807, 2.05) is 55.1 Å². The Kier molecular flexibility index (Phi) is 5.85. The minimum absolute atomic E-state index is 0.248. The second kappa shape index (κ2) is 9.26. The minimum Gasteiger partial charge on any atom is -0.350 e. The molecule has 0 aliphatic heterocycles. The monoisotopic (exact) mass is 464 g/mol. The normalized spacial score (nSPS) is 10.9. The minimum atomic E-state index is -0.297. The smallest absolute Gasteiger partial charge is 0.257 e. The Morgan fingerprint density at radius 1 is 0.914 bits per heavy atom. The number of hydrogen-bond donors (Lipinski definition) is 2. The molecule has 2 amide bonds. The molecular weight excluding hydrogens is 440 g/mol. The van der Waals surface area contributed by atoms with Crippen molar-refractivity contribution in [3.63, 3.8) is 0 Å². The van der Waals surface area contributed by atoms with Crippen LogP contribution in [-0.2, 0) is 13.6 Å². The van der Waals surface area contributed by atoms with Crippen LogP contribution in [0.15, 0.2) is 85.5 Å². The van der Waals surface area contributed by atoms with Crippen molar-refractivity contribution in [2.75, 3.05) is 10.6 Å². The van der Waals surface area contributed by atoms with E-state index in [0.717, 1.165) is 28.6 Å². The molecule has 0 spiro atoms. The number of nitrogens with one attached hydrogen (secondary N) is 2. The second-order valence-electron chi connectivity index (χ2n) is 8.17. The number of amides is 2. The molecule has 3 heterocycles. The highest BCUT2D eigenvalue weighted by molar-refractivity contribution is 6.14. The maximum Gasteiger partial charge on any atom is 0.257 e. The number of hydrogen-bond acceptors (Lipinski definition) is 4. The first kappa shape index (κ1) is 22.1. The summed E-state index contributed by atoms with van der Waals surface area (Å²) in [4.78, 5) is 30.0. The Morgan fingerprint density at radius 2 is 1.74 bits per heavy atom. The Morgan fingerprint density at radius 3 is 2.51 bits per heavy atom. The highest BCUT2D eigenvalue weighted by Gasteiger charge is 2.16. The third kappa shape index (κ3) is 4.54. The van der Waals surface area contributed by atoms with E-state index in [0.29, 0.717) is 22.6 Å². The first-order valence-electron chi connectivity index (χ1n) is 11.3. The van der Waals surface area contributed by atoms with Gasteiger partial charge in [-0.05, 0) is 60.5 Å². The summed E-state index contributed by atoms with van der Waals surface area (Å²) < 4.78 is 3.66. The molecule has 8 heteroatoms. The molecular formula is C27H24N6O2.